The summed E-state index contributed by atoms with van der Waals surface area (Å²) in [4.78, 5) is 4.51. The second kappa shape index (κ2) is 7.54. The Morgan fingerprint density at radius 1 is 0.654 bits per heavy atom. The maximum absolute atomic E-state index is 5.86. The Kier molecular flexibility index (Phi) is 4.80. The fraction of sp³-hybridized carbons (Fsp3) is 0. The third-order valence-electron chi connectivity index (χ3n) is 4.07. The van der Waals surface area contributed by atoms with E-state index in [2.05, 4.69) is 45.2 Å². The normalized spacial score (nSPS) is 11.1. The Morgan fingerprint density at radius 2 is 1.31 bits per heavy atom. The minimum Gasteiger partial charge on any atom is -0.455 e. The van der Waals surface area contributed by atoms with E-state index in [9.17, 15) is 0 Å². The summed E-state index contributed by atoms with van der Waals surface area (Å²) in [5, 5.41) is 0. The molecule has 0 saturated carbocycles. The van der Waals surface area contributed by atoms with Gasteiger partial charge in [0.05, 0.1) is 11.9 Å². The van der Waals surface area contributed by atoms with E-state index in [0.29, 0.717) is 0 Å². The van der Waals surface area contributed by atoms with Crippen LogP contribution in [0.1, 0.15) is 5.76 Å². The number of rotatable bonds is 4. The van der Waals surface area contributed by atoms with Crippen LogP contribution in [0.3, 0.4) is 0 Å². The summed E-state index contributed by atoms with van der Waals surface area (Å²) in [7, 11) is 0. The van der Waals surface area contributed by atoms with Gasteiger partial charge in [0.1, 0.15) is 11.5 Å². The first-order chi connectivity index (χ1) is 12.8. The molecule has 1 heterocycles. The largest absolute Gasteiger partial charge is 0.455 e. The van der Waals surface area contributed by atoms with Crippen LogP contribution in [0.2, 0.25) is 0 Å². The van der Waals surface area contributed by atoms with Gasteiger partial charge in [0, 0.05) is 10.0 Å². The fourth-order valence-corrected chi connectivity index (χ4v) is 2.96. The van der Waals surface area contributed by atoms with Crippen molar-refractivity contribution in [1.29, 1.82) is 0 Å². The summed E-state index contributed by atoms with van der Waals surface area (Å²) in [6.45, 7) is 0. The predicted octanol–water partition coefficient (Wildman–Crippen LogP) is 7.13. The van der Waals surface area contributed by atoms with Gasteiger partial charge < -0.3 is 4.42 Å². The predicted molar refractivity (Wildman–Crippen MR) is 111 cm³/mol. The van der Waals surface area contributed by atoms with Crippen LogP contribution < -0.4 is 0 Å². The first-order valence-corrected chi connectivity index (χ1v) is 9.12. The average molecular weight is 402 g/mol. The zero-order valence-electron chi connectivity index (χ0n) is 14.0. The first-order valence-electron chi connectivity index (χ1n) is 8.33. The highest BCUT2D eigenvalue weighted by atomic mass is 79.9. The molecule has 0 aliphatic heterocycles. The molecule has 1 aromatic heterocycles. The molecule has 0 spiro atoms. The molecule has 0 saturated heterocycles. The number of hydrogen-bond acceptors (Lipinski definition) is 2. The van der Waals surface area contributed by atoms with Gasteiger partial charge in [0.25, 0.3) is 0 Å². The molecule has 2 nitrogen and oxygen atoms in total. The number of aliphatic imine (C=N–C) groups is 1. The molecule has 0 N–H and O–H groups in total. The Balaban J connectivity index is 1.49. The summed E-state index contributed by atoms with van der Waals surface area (Å²) >= 11 is 3.44. The van der Waals surface area contributed by atoms with Crippen LogP contribution in [0.5, 0.6) is 0 Å². The van der Waals surface area contributed by atoms with Crippen LogP contribution in [0.15, 0.2) is 105 Å². The molecular weight excluding hydrogens is 386 g/mol. The van der Waals surface area contributed by atoms with Gasteiger partial charge >= 0.3 is 0 Å². The van der Waals surface area contributed by atoms with Crippen molar-refractivity contribution in [3.63, 3.8) is 0 Å². The van der Waals surface area contributed by atoms with Gasteiger partial charge in [0.2, 0.25) is 0 Å². The summed E-state index contributed by atoms with van der Waals surface area (Å²) in [5.74, 6) is 1.56. The summed E-state index contributed by atoms with van der Waals surface area (Å²) in [5.41, 5.74) is 4.32. The van der Waals surface area contributed by atoms with Crippen molar-refractivity contribution in [2.24, 2.45) is 4.99 Å². The van der Waals surface area contributed by atoms with Gasteiger partial charge in [-0.05, 0) is 47.5 Å². The molecule has 0 aliphatic carbocycles. The van der Waals surface area contributed by atoms with Gasteiger partial charge in [-0.25, -0.2) is 0 Å². The van der Waals surface area contributed by atoms with Crippen molar-refractivity contribution in [2.45, 2.75) is 0 Å². The summed E-state index contributed by atoms with van der Waals surface area (Å²) in [6, 6.07) is 30.4. The minimum atomic E-state index is 0.732. The molecule has 4 aromatic rings. The van der Waals surface area contributed by atoms with Crippen molar-refractivity contribution in [3.8, 4) is 22.5 Å². The zero-order chi connectivity index (χ0) is 17.8. The van der Waals surface area contributed by atoms with E-state index in [-0.39, 0.29) is 0 Å². The second-order valence-electron chi connectivity index (χ2n) is 5.88. The van der Waals surface area contributed by atoms with Gasteiger partial charge in [-0.3, -0.25) is 4.99 Å². The molecular formula is C23H16BrNO. The molecule has 3 aromatic carbocycles. The Morgan fingerprint density at radius 3 is 2.04 bits per heavy atom. The highest BCUT2D eigenvalue weighted by molar-refractivity contribution is 9.10. The summed E-state index contributed by atoms with van der Waals surface area (Å²) in [6.07, 6.45) is 1.75. The number of nitrogens with zero attached hydrogens (tertiary/aromatic N) is 1. The maximum Gasteiger partial charge on any atom is 0.145 e. The number of hydrogen-bond donors (Lipinski definition) is 0. The second-order valence-corrected chi connectivity index (χ2v) is 6.80. The summed E-state index contributed by atoms with van der Waals surface area (Å²) < 4.78 is 6.91. The van der Waals surface area contributed by atoms with Gasteiger partial charge in [-0.2, -0.15) is 0 Å². The average Bonchev–Trinajstić information content (AvgIpc) is 3.17. The van der Waals surface area contributed by atoms with Crippen molar-refractivity contribution in [3.05, 3.63) is 101 Å². The molecule has 0 fully saturated rings. The van der Waals surface area contributed by atoms with Gasteiger partial charge in [-0.1, -0.05) is 70.5 Å². The highest BCUT2D eigenvalue weighted by Crippen LogP contribution is 2.25. The molecule has 126 valence electrons. The molecule has 3 heteroatoms. The van der Waals surface area contributed by atoms with E-state index in [1.54, 1.807) is 6.21 Å². The van der Waals surface area contributed by atoms with Crippen molar-refractivity contribution < 1.29 is 4.42 Å². The maximum atomic E-state index is 5.86. The highest BCUT2D eigenvalue weighted by Gasteiger charge is 2.03. The number of furan rings is 1. The van der Waals surface area contributed by atoms with Crippen molar-refractivity contribution in [1.82, 2.24) is 0 Å². The molecule has 0 aliphatic rings. The number of halogens is 1. The van der Waals surface area contributed by atoms with E-state index >= 15 is 0 Å². The van der Waals surface area contributed by atoms with E-state index in [1.807, 2.05) is 66.7 Å². The standard InChI is InChI=1S/C23H16BrNO/c24-20-10-6-19(7-11-20)23-15-14-22(26-23)16-25-21-12-8-18(9-13-21)17-4-2-1-3-5-17/h1-16H. The molecule has 4 rings (SSSR count). The van der Waals surface area contributed by atoms with E-state index in [1.165, 1.54) is 11.1 Å². The lowest BCUT2D eigenvalue weighted by atomic mass is 10.1. The van der Waals surface area contributed by atoms with E-state index in [0.717, 1.165) is 27.2 Å². The lowest BCUT2D eigenvalue weighted by Crippen LogP contribution is -1.77. The van der Waals surface area contributed by atoms with Crippen LogP contribution in [-0.2, 0) is 0 Å². The van der Waals surface area contributed by atoms with Crippen LogP contribution in [0.25, 0.3) is 22.5 Å². The molecule has 0 radical (unpaired) electrons. The first kappa shape index (κ1) is 16.6. The van der Waals surface area contributed by atoms with Gasteiger partial charge in [0.15, 0.2) is 0 Å². The molecule has 26 heavy (non-hydrogen) atoms. The van der Waals surface area contributed by atoms with Crippen LogP contribution in [0, 0.1) is 0 Å². The Bertz CT molecular complexity index is 1020. The van der Waals surface area contributed by atoms with Crippen LogP contribution in [-0.4, -0.2) is 6.21 Å². The van der Waals surface area contributed by atoms with Crippen molar-refractivity contribution in [2.75, 3.05) is 0 Å². The monoisotopic (exact) mass is 401 g/mol. The van der Waals surface area contributed by atoms with Gasteiger partial charge in [-0.15, -0.1) is 0 Å². The Hall–Kier alpha value is -2.91. The lowest BCUT2D eigenvalue weighted by Gasteiger charge is -2.01. The third-order valence-corrected chi connectivity index (χ3v) is 4.60. The zero-order valence-corrected chi connectivity index (χ0v) is 15.6. The topological polar surface area (TPSA) is 25.5 Å². The van der Waals surface area contributed by atoms with Crippen molar-refractivity contribution >= 4 is 27.8 Å². The molecule has 0 amide bonds. The van der Waals surface area contributed by atoms with Crippen LogP contribution in [0.4, 0.5) is 5.69 Å². The molecule has 0 atom stereocenters. The van der Waals surface area contributed by atoms with E-state index in [4.69, 9.17) is 4.42 Å². The fourth-order valence-electron chi connectivity index (χ4n) is 2.70. The minimum absolute atomic E-state index is 0.732. The Labute approximate surface area is 161 Å². The molecule has 0 unspecified atom stereocenters. The number of benzene rings is 3. The quantitative estimate of drug-likeness (QED) is 0.334. The van der Waals surface area contributed by atoms with E-state index < -0.39 is 0 Å². The SMILES string of the molecule is Brc1ccc(-c2ccc(C=Nc3ccc(-c4ccccc4)cc3)o2)cc1. The van der Waals surface area contributed by atoms with Crippen LogP contribution >= 0.6 is 15.9 Å². The third kappa shape index (κ3) is 3.84. The lowest BCUT2D eigenvalue weighted by molar-refractivity contribution is 0.575. The smallest absolute Gasteiger partial charge is 0.145 e. The molecule has 0 bridgehead atoms.